The van der Waals surface area contributed by atoms with Gasteiger partial charge in [-0.2, -0.15) is 0 Å². The maximum atomic E-state index is 12.3. The van der Waals surface area contributed by atoms with Crippen molar-refractivity contribution in [2.75, 3.05) is 13.2 Å². The first kappa shape index (κ1) is 14.9. The molecule has 0 atom stereocenters. The van der Waals surface area contributed by atoms with Gasteiger partial charge in [0.2, 0.25) is 0 Å². The predicted molar refractivity (Wildman–Crippen MR) is 68.0 cm³/mol. The van der Waals surface area contributed by atoms with Crippen molar-refractivity contribution in [1.29, 1.82) is 0 Å². The Balaban J connectivity index is 2.90. The molecule has 0 amide bonds. The summed E-state index contributed by atoms with van der Waals surface area (Å²) in [7, 11) is -3.18. The van der Waals surface area contributed by atoms with Crippen LogP contribution in [0, 0.1) is 0 Å². The zero-order valence-electron chi connectivity index (χ0n) is 10.5. The second-order valence-corrected chi connectivity index (χ2v) is 5.66. The fraction of sp³-hybridized carbons (Fsp3) is 0.417. The predicted octanol–water partition coefficient (Wildman–Crippen LogP) is 3.15. The number of carboxylic acids is 1. The van der Waals surface area contributed by atoms with Crippen LogP contribution in [0.3, 0.4) is 0 Å². The Labute approximate surface area is 106 Å². The minimum atomic E-state index is -3.18. The van der Waals surface area contributed by atoms with Gasteiger partial charge in [0.05, 0.1) is 24.9 Å². The minimum Gasteiger partial charge on any atom is -0.478 e. The fourth-order valence-corrected chi connectivity index (χ4v) is 3.24. The molecule has 1 aromatic carbocycles. The molecule has 0 aliphatic rings. The number of rotatable bonds is 7. The Kier molecular flexibility index (Phi) is 5.54. The van der Waals surface area contributed by atoms with Crippen LogP contribution in [0.2, 0.25) is 0 Å². The molecule has 1 aromatic rings. The van der Waals surface area contributed by atoms with Crippen LogP contribution in [0.4, 0.5) is 0 Å². The van der Waals surface area contributed by atoms with Crippen molar-refractivity contribution in [2.45, 2.75) is 20.0 Å². The van der Waals surface area contributed by atoms with Crippen LogP contribution in [0.1, 0.15) is 29.8 Å². The second kappa shape index (κ2) is 6.69. The van der Waals surface area contributed by atoms with Gasteiger partial charge in [-0.3, -0.25) is 4.57 Å². The smallest absolute Gasteiger partial charge is 0.335 e. The fourth-order valence-electron chi connectivity index (χ4n) is 1.55. The van der Waals surface area contributed by atoms with Crippen molar-refractivity contribution >= 4 is 13.6 Å². The van der Waals surface area contributed by atoms with E-state index < -0.39 is 13.6 Å². The summed E-state index contributed by atoms with van der Waals surface area (Å²) in [6.45, 7) is 4.05. The lowest BCUT2D eigenvalue weighted by Gasteiger charge is -2.17. The number of aromatic carboxylic acids is 1. The van der Waals surface area contributed by atoms with Crippen LogP contribution in [0.5, 0.6) is 0 Å². The molecule has 18 heavy (non-hydrogen) atoms. The minimum absolute atomic E-state index is 0.0792. The van der Waals surface area contributed by atoms with Crippen molar-refractivity contribution in [3.05, 3.63) is 35.4 Å². The SMILES string of the molecule is CCOP(=O)(Cc1cccc(C(=O)O)c1)OCC. The van der Waals surface area contributed by atoms with Gasteiger partial charge in [-0.1, -0.05) is 12.1 Å². The van der Waals surface area contributed by atoms with Crippen LogP contribution in [-0.4, -0.2) is 24.3 Å². The summed E-state index contributed by atoms with van der Waals surface area (Å²) < 4.78 is 22.6. The maximum absolute atomic E-state index is 12.3. The molecule has 1 N–H and O–H groups in total. The summed E-state index contributed by atoms with van der Waals surface area (Å²) in [5, 5.41) is 8.88. The molecule has 0 saturated carbocycles. The number of carboxylic acid groups (broad SMARTS) is 1. The first-order valence-electron chi connectivity index (χ1n) is 5.71. The monoisotopic (exact) mass is 272 g/mol. The summed E-state index contributed by atoms with van der Waals surface area (Å²) in [5.41, 5.74) is 0.784. The normalized spacial score (nSPS) is 11.4. The third-order valence-corrected chi connectivity index (χ3v) is 4.26. The van der Waals surface area contributed by atoms with E-state index >= 15 is 0 Å². The van der Waals surface area contributed by atoms with Crippen LogP contribution in [0.25, 0.3) is 0 Å². The van der Waals surface area contributed by atoms with E-state index in [2.05, 4.69) is 0 Å². The molecule has 6 heteroatoms. The summed E-state index contributed by atoms with van der Waals surface area (Å²) >= 11 is 0. The number of carbonyl (C=O) groups is 1. The van der Waals surface area contributed by atoms with E-state index in [0.29, 0.717) is 5.56 Å². The molecule has 100 valence electrons. The quantitative estimate of drug-likeness (QED) is 0.772. The lowest BCUT2D eigenvalue weighted by molar-refractivity contribution is 0.0696. The highest BCUT2D eigenvalue weighted by atomic mass is 31.2. The van der Waals surface area contributed by atoms with Gasteiger partial charge < -0.3 is 14.2 Å². The van der Waals surface area contributed by atoms with Crippen LogP contribution >= 0.6 is 7.60 Å². The van der Waals surface area contributed by atoms with E-state index in [1.54, 1.807) is 26.0 Å². The molecule has 0 radical (unpaired) electrons. The Morgan fingerprint density at radius 1 is 1.28 bits per heavy atom. The molecule has 0 bridgehead atoms. The van der Waals surface area contributed by atoms with Crippen LogP contribution in [-0.2, 0) is 19.8 Å². The number of benzene rings is 1. The Hall–Kier alpha value is -1.16. The van der Waals surface area contributed by atoms with Crippen molar-refractivity contribution in [2.24, 2.45) is 0 Å². The molecule has 0 saturated heterocycles. The number of hydrogen-bond donors (Lipinski definition) is 1. The first-order valence-corrected chi connectivity index (χ1v) is 7.44. The zero-order valence-corrected chi connectivity index (χ0v) is 11.4. The lowest BCUT2D eigenvalue weighted by atomic mass is 10.1. The van der Waals surface area contributed by atoms with Crippen molar-refractivity contribution in [3.8, 4) is 0 Å². The number of hydrogen-bond acceptors (Lipinski definition) is 4. The van der Waals surface area contributed by atoms with Gasteiger partial charge in [0.1, 0.15) is 0 Å². The highest BCUT2D eigenvalue weighted by Gasteiger charge is 2.24. The van der Waals surface area contributed by atoms with Crippen LogP contribution < -0.4 is 0 Å². The Morgan fingerprint density at radius 3 is 2.39 bits per heavy atom. The van der Waals surface area contributed by atoms with Gasteiger partial charge >= 0.3 is 13.6 Å². The Bertz CT molecular complexity index is 448. The van der Waals surface area contributed by atoms with Gasteiger partial charge in [-0.05, 0) is 31.5 Å². The molecular weight excluding hydrogens is 255 g/mol. The first-order chi connectivity index (χ1) is 8.50. The third kappa shape index (κ3) is 4.26. The standard InChI is InChI=1S/C12H17O5P/c1-3-16-18(15,17-4-2)9-10-6-5-7-11(8-10)12(13)14/h5-8H,3-4,9H2,1-2H3,(H,13,14). The molecule has 0 aromatic heterocycles. The topological polar surface area (TPSA) is 72.8 Å². The third-order valence-electron chi connectivity index (χ3n) is 2.20. The van der Waals surface area contributed by atoms with Gasteiger partial charge in [0.15, 0.2) is 0 Å². The summed E-state index contributed by atoms with van der Waals surface area (Å²) in [5.74, 6) is -1.01. The molecule has 1 rings (SSSR count). The lowest BCUT2D eigenvalue weighted by Crippen LogP contribution is -2.01. The van der Waals surface area contributed by atoms with Crippen molar-refractivity contribution in [1.82, 2.24) is 0 Å². The van der Waals surface area contributed by atoms with E-state index in [-0.39, 0.29) is 24.9 Å². The van der Waals surface area contributed by atoms with E-state index in [1.165, 1.54) is 12.1 Å². The average molecular weight is 272 g/mol. The van der Waals surface area contributed by atoms with Gasteiger partial charge in [0, 0.05) is 0 Å². The summed E-state index contributed by atoms with van der Waals surface area (Å²) in [6.07, 6.45) is 0.0792. The zero-order chi connectivity index (χ0) is 13.6. The van der Waals surface area contributed by atoms with Crippen molar-refractivity contribution in [3.63, 3.8) is 0 Å². The van der Waals surface area contributed by atoms with Crippen molar-refractivity contribution < 1.29 is 23.5 Å². The molecule has 5 nitrogen and oxygen atoms in total. The van der Waals surface area contributed by atoms with E-state index in [0.717, 1.165) is 0 Å². The molecule has 0 aliphatic carbocycles. The van der Waals surface area contributed by atoms with Crippen LogP contribution in [0.15, 0.2) is 24.3 Å². The largest absolute Gasteiger partial charge is 0.478 e. The molecule has 0 fully saturated rings. The second-order valence-electron chi connectivity index (χ2n) is 3.61. The maximum Gasteiger partial charge on any atom is 0.335 e. The molecule has 0 spiro atoms. The van der Waals surface area contributed by atoms with Gasteiger partial charge in [-0.25, -0.2) is 4.79 Å². The molecule has 0 heterocycles. The highest BCUT2D eigenvalue weighted by Crippen LogP contribution is 2.51. The molecular formula is C12H17O5P. The highest BCUT2D eigenvalue weighted by molar-refractivity contribution is 7.53. The molecule has 0 aliphatic heterocycles. The van der Waals surface area contributed by atoms with E-state index in [9.17, 15) is 9.36 Å². The van der Waals surface area contributed by atoms with E-state index in [1.807, 2.05) is 0 Å². The van der Waals surface area contributed by atoms with Gasteiger partial charge in [-0.15, -0.1) is 0 Å². The molecule has 0 unspecified atom stereocenters. The average Bonchev–Trinajstić information content (AvgIpc) is 2.29. The van der Waals surface area contributed by atoms with E-state index in [4.69, 9.17) is 14.2 Å². The van der Waals surface area contributed by atoms with Gasteiger partial charge in [0.25, 0.3) is 0 Å². The summed E-state index contributed by atoms with van der Waals surface area (Å²) in [6, 6.07) is 6.28. The Morgan fingerprint density at radius 2 is 1.89 bits per heavy atom. The summed E-state index contributed by atoms with van der Waals surface area (Å²) in [4.78, 5) is 10.8.